The molecule has 5 atom stereocenters. The van der Waals surface area contributed by atoms with Gasteiger partial charge >= 0.3 is 0 Å². The molecule has 304 valence electrons. The number of rotatable bonds is 18. The molecule has 1 aliphatic heterocycles. The van der Waals surface area contributed by atoms with Crippen molar-refractivity contribution in [3.8, 4) is 5.75 Å². The fourth-order valence-corrected chi connectivity index (χ4v) is 7.97. The van der Waals surface area contributed by atoms with E-state index in [1.54, 1.807) is 0 Å². The van der Waals surface area contributed by atoms with Gasteiger partial charge in [0.15, 0.2) is 0 Å². The zero-order valence-corrected chi connectivity index (χ0v) is 34.4. The highest BCUT2D eigenvalue weighted by Gasteiger charge is 2.48. The molecule has 60 heavy (non-hydrogen) atoms. The van der Waals surface area contributed by atoms with Crippen molar-refractivity contribution >= 4 is 0 Å². The molecule has 5 nitrogen and oxygen atoms in total. The van der Waals surface area contributed by atoms with E-state index in [2.05, 4.69) is 165 Å². The predicted molar refractivity (Wildman–Crippen MR) is 239 cm³/mol. The van der Waals surface area contributed by atoms with Crippen LogP contribution in [0.15, 0.2) is 194 Å². The summed E-state index contributed by atoms with van der Waals surface area (Å²) in [6.45, 7) is 3.99. The number of hydrogen-bond donors (Lipinski definition) is 0. The summed E-state index contributed by atoms with van der Waals surface area (Å²) in [6, 6.07) is 67.1. The van der Waals surface area contributed by atoms with Gasteiger partial charge in [-0.25, -0.2) is 0 Å². The monoisotopic (exact) mass is 794 g/mol. The lowest BCUT2D eigenvalue weighted by Gasteiger charge is -2.47. The molecule has 0 aliphatic carbocycles. The Hall–Kier alpha value is -5.82. The molecule has 0 saturated carbocycles. The molecule has 0 aromatic heterocycles. The van der Waals surface area contributed by atoms with Gasteiger partial charge in [0.2, 0.25) is 0 Å². The third-order valence-corrected chi connectivity index (χ3v) is 11.3. The van der Waals surface area contributed by atoms with Gasteiger partial charge in [0.25, 0.3) is 0 Å². The van der Waals surface area contributed by atoms with Crippen LogP contribution in [0.25, 0.3) is 0 Å². The van der Waals surface area contributed by atoms with Gasteiger partial charge in [-0.15, -0.1) is 0 Å². The molecule has 5 heteroatoms. The van der Waals surface area contributed by atoms with Crippen molar-refractivity contribution in [1.82, 2.24) is 0 Å². The van der Waals surface area contributed by atoms with Crippen molar-refractivity contribution in [2.75, 3.05) is 0 Å². The third-order valence-electron chi connectivity index (χ3n) is 11.3. The summed E-state index contributed by atoms with van der Waals surface area (Å²) >= 11 is 0. The van der Waals surface area contributed by atoms with E-state index in [0.717, 1.165) is 52.8 Å². The largest absolute Gasteiger partial charge is 0.489 e. The molecule has 0 bridgehead atoms. The van der Waals surface area contributed by atoms with Crippen molar-refractivity contribution in [1.29, 1.82) is 0 Å². The minimum atomic E-state index is -0.473. The lowest BCUT2D eigenvalue weighted by Crippen LogP contribution is -2.57. The SMILES string of the molecule is Cc1ccc(C2OC(CCc3ccccc3)C(OCc3ccccc3)C(OCc3ccccc3)C2OCc2ccccc2)cc1Cc1ccc(OCc2ccccc2)cc1. The fraction of sp³-hybridized carbons (Fsp3) is 0.236. The van der Waals surface area contributed by atoms with E-state index < -0.39 is 24.4 Å². The summed E-state index contributed by atoms with van der Waals surface area (Å²) in [5, 5.41) is 0. The summed E-state index contributed by atoms with van der Waals surface area (Å²) in [5.74, 6) is 0.856. The van der Waals surface area contributed by atoms with E-state index in [0.29, 0.717) is 26.4 Å². The molecule has 7 aromatic carbocycles. The van der Waals surface area contributed by atoms with E-state index in [-0.39, 0.29) is 6.10 Å². The molecule has 8 rings (SSSR count). The van der Waals surface area contributed by atoms with Gasteiger partial charge in [-0.05, 0) is 88.4 Å². The van der Waals surface area contributed by atoms with Gasteiger partial charge in [0.05, 0.1) is 25.9 Å². The summed E-state index contributed by atoms with van der Waals surface area (Å²) in [5.41, 5.74) is 10.4. The van der Waals surface area contributed by atoms with Crippen LogP contribution in [0.4, 0.5) is 0 Å². The Kier molecular flexibility index (Phi) is 14.3. The van der Waals surface area contributed by atoms with Gasteiger partial charge in [0, 0.05) is 0 Å². The number of benzene rings is 7. The Bertz CT molecular complexity index is 2300. The second-order valence-corrected chi connectivity index (χ2v) is 15.7. The minimum absolute atomic E-state index is 0.274. The highest BCUT2D eigenvalue weighted by molar-refractivity contribution is 5.39. The first-order valence-corrected chi connectivity index (χ1v) is 21.2. The highest BCUT2D eigenvalue weighted by Crippen LogP contribution is 2.40. The quantitative estimate of drug-likeness (QED) is 0.0866. The predicted octanol–water partition coefficient (Wildman–Crippen LogP) is 12.0. The van der Waals surface area contributed by atoms with Crippen LogP contribution >= 0.6 is 0 Å². The summed E-state index contributed by atoms with van der Waals surface area (Å²) < 4.78 is 34.5. The minimum Gasteiger partial charge on any atom is -0.489 e. The molecule has 0 N–H and O–H groups in total. The van der Waals surface area contributed by atoms with Crippen LogP contribution < -0.4 is 4.74 Å². The van der Waals surface area contributed by atoms with Crippen LogP contribution in [-0.4, -0.2) is 24.4 Å². The van der Waals surface area contributed by atoms with E-state index >= 15 is 0 Å². The lowest BCUT2D eigenvalue weighted by molar-refractivity contribution is -0.268. The molecule has 7 aromatic rings. The average Bonchev–Trinajstić information content (AvgIpc) is 3.31. The standard InChI is InChI=1S/C55H54O5/c1-41-27-31-48(36-49(41)35-43-28-32-50(33-29-43)56-37-44-19-9-3-10-20-44)52-54(58-39-46-23-13-5-14-24-46)55(59-40-47-25-15-6-16-26-47)53(57-38-45-21-11-4-12-22-45)51(60-52)34-30-42-17-7-2-8-18-42/h2-29,31-33,36,51-55H,30,34-35,37-40H2,1H3. The van der Waals surface area contributed by atoms with E-state index in [9.17, 15) is 0 Å². The average molecular weight is 795 g/mol. The lowest BCUT2D eigenvalue weighted by atomic mass is 9.86. The van der Waals surface area contributed by atoms with Crippen molar-refractivity contribution in [2.24, 2.45) is 0 Å². The summed E-state index contributed by atoms with van der Waals surface area (Å²) in [4.78, 5) is 0. The van der Waals surface area contributed by atoms with Gasteiger partial charge < -0.3 is 23.7 Å². The van der Waals surface area contributed by atoms with Gasteiger partial charge in [-0.1, -0.05) is 182 Å². The van der Waals surface area contributed by atoms with Crippen LogP contribution in [0.3, 0.4) is 0 Å². The highest BCUT2D eigenvalue weighted by atomic mass is 16.6. The zero-order valence-electron chi connectivity index (χ0n) is 34.4. The second kappa shape index (κ2) is 20.9. The van der Waals surface area contributed by atoms with Crippen LogP contribution in [0, 0.1) is 6.92 Å². The Labute approximate surface area is 355 Å². The Morgan fingerprint density at radius 3 is 1.43 bits per heavy atom. The van der Waals surface area contributed by atoms with Crippen molar-refractivity contribution < 1.29 is 23.7 Å². The molecular weight excluding hydrogens is 741 g/mol. The topological polar surface area (TPSA) is 46.2 Å². The smallest absolute Gasteiger partial charge is 0.119 e. The fourth-order valence-electron chi connectivity index (χ4n) is 7.97. The zero-order chi connectivity index (χ0) is 40.8. The number of ether oxygens (including phenoxy) is 5. The van der Waals surface area contributed by atoms with Crippen molar-refractivity contribution in [2.45, 2.75) is 83.1 Å². The number of hydrogen-bond acceptors (Lipinski definition) is 5. The molecule has 0 spiro atoms. The third kappa shape index (κ3) is 11.3. The van der Waals surface area contributed by atoms with Crippen LogP contribution in [-0.2, 0) is 58.2 Å². The summed E-state index contributed by atoms with van der Waals surface area (Å²) in [7, 11) is 0. The van der Waals surface area contributed by atoms with Crippen molar-refractivity contribution in [3.63, 3.8) is 0 Å². The number of aryl methyl sites for hydroxylation is 2. The van der Waals surface area contributed by atoms with Gasteiger partial charge in [-0.3, -0.25) is 0 Å². The normalized spacial score (nSPS) is 18.9. The molecule has 1 fully saturated rings. The first-order chi connectivity index (χ1) is 29.6. The van der Waals surface area contributed by atoms with Crippen LogP contribution in [0.1, 0.15) is 62.6 Å². The molecular formula is C55H54O5. The molecule has 5 unspecified atom stereocenters. The van der Waals surface area contributed by atoms with E-state index in [4.69, 9.17) is 23.7 Å². The Balaban J connectivity index is 1.12. The maximum absolute atomic E-state index is 7.36. The molecule has 1 heterocycles. The van der Waals surface area contributed by atoms with Crippen LogP contribution in [0.2, 0.25) is 0 Å². The maximum Gasteiger partial charge on any atom is 0.119 e. The first kappa shape index (κ1) is 40.9. The summed E-state index contributed by atoms with van der Waals surface area (Å²) in [6.07, 6.45) is 0.369. The molecule has 0 amide bonds. The van der Waals surface area contributed by atoms with Gasteiger partial charge in [0.1, 0.15) is 36.8 Å². The first-order valence-electron chi connectivity index (χ1n) is 21.2. The van der Waals surface area contributed by atoms with E-state index in [1.807, 2.05) is 36.4 Å². The van der Waals surface area contributed by atoms with Crippen LogP contribution in [0.5, 0.6) is 5.75 Å². The Morgan fingerprint density at radius 1 is 0.433 bits per heavy atom. The van der Waals surface area contributed by atoms with Gasteiger partial charge in [-0.2, -0.15) is 0 Å². The Morgan fingerprint density at radius 2 is 0.900 bits per heavy atom. The second-order valence-electron chi connectivity index (χ2n) is 15.7. The molecule has 1 saturated heterocycles. The molecule has 1 aliphatic rings. The van der Waals surface area contributed by atoms with E-state index in [1.165, 1.54) is 22.3 Å². The maximum atomic E-state index is 7.36. The molecule has 0 radical (unpaired) electrons. The van der Waals surface area contributed by atoms with Crippen molar-refractivity contribution in [3.05, 3.63) is 244 Å².